The van der Waals surface area contributed by atoms with E-state index in [1.165, 1.54) is 0 Å². The lowest BCUT2D eigenvalue weighted by Crippen LogP contribution is -2.11. The highest BCUT2D eigenvalue weighted by molar-refractivity contribution is 5.91. The molecule has 126 valence electrons. The SMILES string of the molecule is CCC(=O)Nc1ccc(N(c2ccccc2)c2ccc(N)cc2)cc1. The van der Waals surface area contributed by atoms with Gasteiger partial charge in [0.05, 0.1) is 0 Å². The fourth-order valence-electron chi connectivity index (χ4n) is 2.59. The molecule has 0 fully saturated rings. The predicted molar refractivity (Wildman–Crippen MR) is 104 cm³/mol. The van der Waals surface area contributed by atoms with Gasteiger partial charge < -0.3 is 16.0 Å². The van der Waals surface area contributed by atoms with E-state index in [4.69, 9.17) is 5.73 Å². The fraction of sp³-hybridized carbons (Fsp3) is 0.0952. The second-order valence-electron chi connectivity index (χ2n) is 5.71. The van der Waals surface area contributed by atoms with Crippen LogP contribution in [0.15, 0.2) is 78.9 Å². The van der Waals surface area contributed by atoms with E-state index >= 15 is 0 Å². The Morgan fingerprint density at radius 1 is 0.840 bits per heavy atom. The van der Waals surface area contributed by atoms with Crippen LogP contribution in [-0.2, 0) is 4.79 Å². The lowest BCUT2D eigenvalue weighted by molar-refractivity contribution is -0.115. The number of carbonyl (C=O) groups is 1. The molecule has 0 saturated heterocycles. The van der Waals surface area contributed by atoms with E-state index in [1.807, 2.05) is 73.7 Å². The zero-order valence-corrected chi connectivity index (χ0v) is 14.1. The molecular weight excluding hydrogens is 310 g/mol. The molecule has 4 heteroatoms. The maximum Gasteiger partial charge on any atom is 0.224 e. The van der Waals surface area contributed by atoms with Crippen LogP contribution in [0, 0.1) is 0 Å². The van der Waals surface area contributed by atoms with Crippen LogP contribution in [-0.4, -0.2) is 5.91 Å². The molecule has 0 aliphatic carbocycles. The molecule has 3 aromatic rings. The summed E-state index contributed by atoms with van der Waals surface area (Å²) in [5, 5.41) is 2.87. The van der Waals surface area contributed by atoms with Crippen LogP contribution in [0.1, 0.15) is 13.3 Å². The zero-order chi connectivity index (χ0) is 17.6. The number of hydrogen-bond acceptors (Lipinski definition) is 3. The summed E-state index contributed by atoms with van der Waals surface area (Å²) in [4.78, 5) is 13.7. The van der Waals surface area contributed by atoms with Crippen LogP contribution < -0.4 is 16.0 Å². The number of nitrogens with two attached hydrogens (primary N) is 1. The Bertz CT molecular complexity index is 827. The van der Waals surface area contributed by atoms with Crippen molar-refractivity contribution in [3.05, 3.63) is 78.9 Å². The normalized spacial score (nSPS) is 10.3. The molecule has 3 rings (SSSR count). The summed E-state index contributed by atoms with van der Waals surface area (Å²) >= 11 is 0. The van der Waals surface area contributed by atoms with Gasteiger partial charge in [-0.05, 0) is 60.7 Å². The summed E-state index contributed by atoms with van der Waals surface area (Å²) in [6.07, 6.45) is 0.462. The molecule has 0 spiro atoms. The number of nitrogens with zero attached hydrogens (tertiary/aromatic N) is 1. The second-order valence-corrected chi connectivity index (χ2v) is 5.71. The lowest BCUT2D eigenvalue weighted by Gasteiger charge is -2.25. The smallest absolute Gasteiger partial charge is 0.224 e. The number of nitrogen functional groups attached to an aromatic ring is 1. The number of amides is 1. The summed E-state index contributed by atoms with van der Waals surface area (Å²) in [5.41, 5.74) is 10.4. The average molecular weight is 331 g/mol. The van der Waals surface area contributed by atoms with Gasteiger partial charge in [-0.2, -0.15) is 0 Å². The Morgan fingerprint density at radius 3 is 1.92 bits per heavy atom. The summed E-state index contributed by atoms with van der Waals surface area (Å²) in [5.74, 6) is 0.00574. The highest BCUT2D eigenvalue weighted by atomic mass is 16.1. The van der Waals surface area contributed by atoms with Crippen LogP contribution in [0.25, 0.3) is 0 Å². The minimum Gasteiger partial charge on any atom is -0.399 e. The average Bonchev–Trinajstić information content (AvgIpc) is 2.66. The Morgan fingerprint density at radius 2 is 1.36 bits per heavy atom. The van der Waals surface area contributed by atoms with E-state index in [-0.39, 0.29) is 5.91 Å². The molecule has 25 heavy (non-hydrogen) atoms. The van der Waals surface area contributed by atoms with Crippen LogP contribution in [0.2, 0.25) is 0 Å². The molecule has 1 amide bonds. The first-order chi connectivity index (χ1) is 12.2. The first kappa shape index (κ1) is 16.6. The van der Waals surface area contributed by atoms with Crippen molar-refractivity contribution >= 4 is 34.3 Å². The monoisotopic (exact) mass is 331 g/mol. The van der Waals surface area contributed by atoms with Gasteiger partial charge in [0, 0.05) is 34.9 Å². The van der Waals surface area contributed by atoms with E-state index in [0.717, 1.165) is 28.4 Å². The van der Waals surface area contributed by atoms with Crippen LogP contribution >= 0.6 is 0 Å². The Labute approximate surface area is 147 Å². The third kappa shape index (κ3) is 3.98. The lowest BCUT2D eigenvalue weighted by atomic mass is 10.1. The molecule has 0 atom stereocenters. The minimum atomic E-state index is 0.00574. The Balaban J connectivity index is 1.97. The van der Waals surface area contributed by atoms with Gasteiger partial charge in [-0.3, -0.25) is 4.79 Å². The van der Waals surface area contributed by atoms with Crippen molar-refractivity contribution in [3.63, 3.8) is 0 Å². The molecule has 0 aliphatic rings. The van der Waals surface area contributed by atoms with Gasteiger partial charge in [-0.1, -0.05) is 25.1 Å². The van der Waals surface area contributed by atoms with Crippen LogP contribution in [0.3, 0.4) is 0 Å². The number of hydrogen-bond donors (Lipinski definition) is 2. The highest BCUT2D eigenvalue weighted by Gasteiger charge is 2.12. The molecule has 4 nitrogen and oxygen atoms in total. The number of carbonyl (C=O) groups excluding carboxylic acids is 1. The van der Waals surface area contributed by atoms with Crippen molar-refractivity contribution in [1.82, 2.24) is 0 Å². The zero-order valence-electron chi connectivity index (χ0n) is 14.1. The van der Waals surface area contributed by atoms with E-state index in [9.17, 15) is 4.79 Å². The van der Waals surface area contributed by atoms with E-state index in [0.29, 0.717) is 6.42 Å². The summed E-state index contributed by atoms with van der Waals surface area (Å²) in [6.45, 7) is 1.84. The topological polar surface area (TPSA) is 58.4 Å². The molecule has 3 aromatic carbocycles. The quantitative estimate of drug-likeness (QED) is 0.640. The first-order valence-electron chi connectivity index (χ1n) is 8.28. The molecule has 0 radical (unpaired) electrons. The summed E-state index contributed by atoms with van der Waals surface area (Å²) in [6, 6.07) is 25.7. The Hall–Kier alpha value is -3.27. The van der Waals surface area contributed by atoms with Crippen molar-refractivity contribution in [2.24, 2.45) is 0 Å². The third-order valence-corrected chi connectivity index (χ3v) is 3.90. The van der Waals surface area contributed by atoms with E-state index in [2.05, 4.69) is 22.3 Å². The maximum absolute atomic E-state index is 11.5. The van der Waals surface area contributed by atoms with Crippen LogP contribution in [0.4, 0.5) is 28.4 Å². The number of anilines is 5. The number of rotatable bonds is 5. The largest absolute Gasteiger partial charge is 0.399 e. The van der Waals surface area contributed by atoms with Gasteiger partial charge >= 0.3 is 0 Å². The maximum atomic E-state index is 11.5. The molecule has 0 aliphatic heterocycles. The van der Waals surface area contributed by atoms with Gasteiger partial charge in [0.1, 0.15) is 0 Å². The summed E-state index contributed by atoms with van der Waals surface area (Å²) < 4.78 is 0. The van der Waals surface area contributed by atoms with Crippen molar-refractivity contribution in [3.8, 4) is 0 Å². The van der Waals surface area contributed by atoms with Gasteiger partial charge in [0.25, 0.3) is 0 Å². The minimum absolute atomic E-state index is 0.00574. The van der Waals surface area contributed by atoms with Gasteiger partial charge in [-0.15, -0.1) is 0 Å². The number of para-hydroxylation sites is 1. The first-order valence-corrected chi connectivity index (χ1v) is 8.28. The molecule has 0 bridgehead atoms. The van der Waals surface area contributed by atoms with E-state index in [1.54, 1.807) is 0 Å². The standard InChI is InChI=1S/C21H21N3O/c1-2-21(25)23-17-10-14-20(15-11-17)24(18-6-4-3-5-7-18)19-12-8-16(22)9-13-19/h3-15H,2,22H2,1H3,(H,23,25). The third-order valence-electron chi connectivity index (χ3n) is 3.90. The molecule has 0 unspecified atom stereocenters. The molecule has 0 heterocycles. The second kappa shape index (κ2) is 7.53. The van der Waals surface area contributed by atoms with Crippen LogP contribution in [0.5, 0.6) is 0 Å². The van der Waals surface area contributed by atoms with Crippen molar-refractivity contribution < 1.29 is 4.79 Å². The predicted octanol–water partition coefficient (Wildman–Crippen LogP) is 5.09. The Kier molecular flexibility index (Phi) is 5.00. The molecule has 3 N–H and O–H groups in total. The number of benzene rings is 3. The molecule has 0 aromatic heterocycles. The fourth-order valence-corrected chi connectivity index (χ4v) is 2.59. The van der Waals surface area contributed by atoms with Gasteiger partial charge in [-0.25, -0.2) is 0 Å². The number of nitrogens with one attached hydrogen (secondary N) is 1. The van der Waals surface area contributed by atoms with E-state index < -0.39 is 0 Å². The van der Waals surface area contributed by atoms with Gasteiger partial charge in [0.15, 0.2) is 0 Å². The molecular formula is C21H21N3O. The van der Waals surface area contributed by atoms with Crippen molar-refractivity contribution in [2.75, 3.05) is 16.0 Å². The van der Waals surface area contributed by atoms with Crippen molar-refractivity contribution in [1.29, 1.82) is 0 Å². The highest BCUT2D eigenvalue weighted by Crippen LogP contribution is 2.35. The van der Waals surface area contributed by atoms with Gasteiger partial charge in [0.2, 0.25) is 5.91 Å². The summed E-state index contributed by atoms with van der Waals surface area (Å²) in [7, 11) is 0. The van der Waals surface area contributed by atoms with Crippen molar-refractivity contribution in [2.45, 2.75) is 13.3 Å². The molecule has 0 saturated carbocycles.